The molecule has 0 atom stereocenters. The molecule has 0 saturated heterocycles. The molecule has 26 heavy (non-hydrogen) atoms. The van der Waals surface area contributed by atoms with E-state index < -0.39 is 0 Å². The van der Waals surface area contributed by atoms with Crippen molar-refractivity contribution >= 4 is 28.1 Å². The minimum Gasteiger partial charge on any atom is -0.352 e. The van der Waals surface area contributed by atoms with Gasteiger partial charge in [0.05, 0.1) is 16.8 Å². The van der Waals surface area contributed by atoms with Gasteiger partial charge in [-0.05, 0) is 35.6 Å². The highest BCUT2D eigenvalue weighted by molar-refractivity contribution is 7.08. The van der Waals surface area contributed by atoms with Crippen LogP contribution in [-0.4, -0.2) is 17.4 Å². The van der Waals surface area contributed by atoms with Crippen LogP contribution < -0.4 is 5.32 Å². The smallest absolute Gasteiger partial charge is 0.252 e. The minimum absolute atomic E-state index is 0.0592. The van der Waals surface area contributed by atoms with E-state index in [-0.39, 0.29) is 5.91 Å². The molecule has 4 rings (SSSR count). The summed E-state index contributed by atoms with van der Waals surface area (Å²) in [6.45, 7) is 0.604. The zero-order valence-electron chi connectivity index (χ0n) is 14.2. The highest BCUT2D eigenvalue weighted by Gasteiger charge is 2.13. The molecule has 0 aliphatic carbocycles. The SMILES string of the molecule is O=C(NCCc1ccccc1)c1cc(-c2ccsc2)nc2ccccc12. The third-order valence-corrected chi connectivity index (χ3v) is 5.00. The molecular weight excluding hydrogens is 340 g/mol. The molecule has 0 fully saturated rings. The Morgan fingerprint density at radius 3 is 2.62 bits per heavy atom. The first kappa shape index (κ1) is 16.5. The zero-order valence-corrected chi connectivity index (χ0v) is 15.0. The number of carbonyl (C=O) groups is 1. The topological polar surface area (TPSA) is 42.0 Å². The first-order chi connectivity index (χ1) is 12.8. The van der Waals surface area contributed by atoms with Gasteiger partial charge in [0, 0.05) is 22.9 Å². The standard InChI is InChI=1S/C22H18N2OS/c25-22(23-12-10-16-6-2-1-3-7-16)19-14-21(17-11-13-26-15-17)24-20-9-5-4-8-18(19)20/h1-9,11,13-15H,10,12H2,(H,23,25). The second-order valence-corrected chi connectivity index (χ2v) is 6.86. The van der Waals surface area contributed by atoms with Gasteiger partial charge < -0.3 is 5.32 Å². The van der Waals surface area contributed by atoms with Crippen LogP contribution in [0.1, 0.15) is 15.9 Å². The first-order valence-corrected chi connectivity index (χ1v) is 9.50. The van der Waals surface area contributed by atoms with Crippen molar-refractivity contribution in [1.82, 2.24) is 10.3 Å². The van der Waals surface area contributed by atoms with Crippen molar-refractivity contribution in [3.8, 4) is 11.3 Å². The molecule has 3 nitrogen and oxygen atoms in total. The monoisotopic (exact) mass is 358 g/mol. The summed E-state index contributed by atoms with van der Waals surface area (Å²) in [5.41, 5.74) is 4.60. The number of nitrogens with zero attached hydrogens (tertiary/aromatic N) is 1. The number of carbonyl (C=O) groups excluding carboxylic acids is 1. The zero-order chi connectivity index (χ0) is 17.8. The van der Waals surface area contributed by atoms with E-state index >= 15 is 0 Å². The van der Waals surface area contributed by atoms with Gasteiger partial charge in [-0.25, -0.2) is 4.98 Å². The van der Waals surface area contributed by atoms with Crippen LogP contribution in [0.25, 0.3) is 22.2 Å². The molecule has 0 spiro atoms. The summed E-state index contributed by atoms with van der Waals surface area (Å²) in [4.78, 5) is 17.5. The van der Waals surface area contributed by atoms with Gasteiger partial charge in [-0.1, -0.05) is 48.5 Å². The number of para-hydroxylation sites is 1. The van der Waals surface area contributed by atoms with Crippen LogP contribution in [0.5, 0.6) is 0 Å². The average molecular weight is 358 g/mol. The van der Waals surface area contributed by atoms with E-state index in [0.29, 0.717) is 12.1 Å². The molecule has 0 saturated carbocycles. The molecule has 0 aliphatic rings. The number of rotatable bonds is 5. The second kappa shape index (κ2) is 7.50. The third kappa shape index (κ3) is 3.51. The number of aromatic nitrogens is 1. The lowest BCUT2D eigenvalue weighted by atomic mass is 10.0. The van der Waals surface area contributed by atoms with Crippen molar-refractivity contribution in [1.29, 1.82) is 0 Å². The molecule has 1 amide bonds. The largest absolute Gasteiger partial charge is 0.352 e. The maximum atomic E-state index is 12.8. The molecule has 1 N–H and O–H groups in total. The van der Waals surface area contributed by atoms with E-state index in [1.165, 1.54) is 5.56 Å². The molecule has 0 radical (unpaired) electrons. The summed E-state index contributed by atoms with van der Waals surface area (Å²) in [5, 5.41) is 8.00. The summed E-state index contributed by atoms with van der Waals surface area (Å²) in [7, 11) is 0. The highest BCUT2D eigenvalue weighted by Crippen LogP contribution is 2.26. The normalized spacial score (nSPS) is 10.8. The Hall–Kier alpha value is -2.98. The lowest BCUT2D eigenvalue weighted by Gasteiger charge is -2.10. The summed E-state index contributed by atoms with van der Waals surface area (Å²) >= 11 is 1.63. The molecule has 0 bridgehead atoms. The fraction of sp³-hybridized carbons (Fsp3) is 0.0909. The number of amides is 1. The van der Waals surface area contributed by atoms with Gasteiger partial charge in [0.15, 0.2) is 0 Å². The summed E-state index contributed by atoms with van der Waals surface area (Å²) in [6.07, 6.45) is 0.812. The maximum Gasteiger partial charge on any atom is 0.252 e. The first-order valence-electron chi connectivity index (χ1n) is 8.56. The van der Waals surface area contributed by atoms with Gasteiger partial charge in [-0.15, -0.1) is 0 Å². The van der Waals surface area contributed by atoms with Crippen molar-refractivity contribution in [3.63, 3.8) is 0 Å². The second-order valence-electron chi connectivity index (χ2n) is 6.08. The number of fused-ring (bicyclic) bond motifs is 1. The Balaban J connectivity index is 1.61. The van der Waals surface area contributed by atoms with Crippen LogP contribution >= 0.6 is 11.3 Å². The van der Waals surface area contributed by atoms with Gasteiger partial charge in [-0.2, -0.15) is 11.3 Å². The Labute approximate surface area is 156 Å². The van der Waals surface area contributed by atoms with E-state index in [1.807, 2.05) is 65.4 Å². The number of thiophene rings is 1. The number of pyridine rings is 1. The number of hydrogen-bond donors (Lipinski definition) is 1. The minimum atomic E-state index is -0.0592. The van der Waals surface area contributed by atoms with Gasteiger partial charge >= 0.3 is 0 Å². The van der Waals surface area contributed by atoms with Crippen LogP contribution in [0.3, 0.4) is 0 Å². The van der Waals surface area contributed by atoms with Gasteiger partial charge in [-0.3, -0.25) is 4.79 Å². The van der Waals surface area contributed by atoms with Crippen molar-refractivity contribution in [2.24, 2.45) is 0 Å². The maximum absolute atomic E-state index is 12.8. The fourth-order valence-corrected chi connectivity index (χ4v) is 3.63. The van der Waals surface area contributed by atoms with Crippen molar-refractivity contribution in [2.75, 3.05) is 6.54 Å². The highest BCUT2D eigenvalue weighted by atomic mass is 32.1. The quantitative estimate of drug-likeness (QED) is 0.549. The van der Waals surface area contributed by atoms with Crippen LogP contribution in [0, 0.1) is 0 Å². The van der Waals surface area contributed by atoms with Crippen molar-refractivity contribution in [2.45, 2.75) is 6.42 Å². The van der Waals surface area contributed by atoms with E-state index in [4.69, 9.17) is 4.98 Å². The molecule has 0 unspecified atom stereocenters. The molecular formula is C22H18N2OS. The number of benzene rings is 2. The molecule has 2 heterocycles. The third-order valence-electron chi connectivity index (χ3n) is 4.32. The van der Waals surface area contributed by atoms with E-state index in [2.05, 4.69) is 17.4 Å². The van der Waals surface area contributed by atoms with Crippen molar-refractivity contribution < 1.29 is 4.79 Å². The Kier molecular flexibility index (Phi) is 4.75. The predicted octanol–water partition coefficient (Wildman–Crippen LogP) is 4.94. The Morgan fingerprint density at radius 2 is 1.81 bits per heavy atom. The van der Waals surface area contributed by atoms with Gasteiger partial charge in [0.25, 0.3) is 5.91 Å². The predicted molar refractivity (Wildman–Crippen MR) is 108 cm³/mol. The van der Waals surface area contributed by atoms with Crippen LogP contribution in [-0.2, 0) is 6.42 Å². The fourth-order valence-electron chi connectivity index (χ4n) is 2.98. The molecule has 4 aromatic rings. The molecule has 0 aliphatic heterocycles. The Bertz CT molecular complexity index is 1030. The number of nitrogens with one attached hydrogen (secondary N) is 1. The molecule has 2 aromatic carbocycles. The molecule has 128 valence electrons. The van der Waals surface area contributed by atoms with Gasteiger partial charge in [0.2, 0.25) is 0 Å². The Morgan fingerprint density at radius 1 is 1.00 bits per heavy atom. The van der Waals surface area contributed by atoms with Crippen LogP contribution in [0.15, 0.2) is 77.5 Å². The summed E-state index contributed by atoms with van der Waals surface area (Å²) in [5.74, 6) is -0.0592. The van der Waals surface area contributed by atoms with E-state index in [9.17, 15) is 4.79 Å². The lowest BCUT2D eigenvalue weighted by molar-refractivity contribution is 0.0956. The average Bonchev–Trinajstić information content (AvgIpc) is 3.23. The molecule has 4 heteroatoms. The number of hydrogen-bond acceptors (Lipinski definition) is 3. The van der Waals surface area contributed by atoms with E-state index in [0.717, 1.165) is 28.6 Å². The van der Waals surface area contributed by atoms with Gasteiger partial charge in [0.1, 0.15) is 0 Å². The van der Waals surface area contributed by atoms with Crippen LogP contribution in [0.2, 0.25) is 0 Å². The molecule has 2 aromatic heterocycles. The lowest BCUT2D eigenvalue weighted by Crippen LogP contribution is -2.26. The van der Waals surface area contributed by atoms with Crippen molar-refractivity contribution in [3.05, 3.63) is 88.6 Å². The summed E-state index contributed by atoms with van der Waals surface area (Å²) < 4.78 is 0. The summed E-state index contributed by atoms with van der Waals surface area (Å²) in [6, 6.07) is 21.9. The van der Waals surface area contributed by atoms with Crippen LogP contribution in [0.4, 0.5) is 0 Å². The van der Waals surface area contributed by atoms with E-state index in [1.54, 1.807) is 11.3 Å².